The molecule has 148 valence electrons. The molecule has 0 saturated heterocycles. The molecule has 0 fully saturated rings. The van der Waals surface area contributed by atoms with E-state index in [1.54, 1.807) is 74.5 Å². The molecule has 0 spiro atoms. The Hall–Kier alpha value is -2.70. The highest BCUT2D eigenvalue weighted by Gasteiger charge is 1.98. The molecule has 6 heteroatoms. The molecule has 0 aliphatic heterocycles. The van der Waals surface area contributed by atoms with Crippen molar-refractivity contribution >= 4 is 11.9 Å². The standard InChI is InChI=1S/2C7H6O2.C7H16O2/c2*8-7(9)6-4-2-1-3-5-6;1-6(8)4-3-5-7(2)9/h2*1-5H,(H,8,9);6-9H,3-5H2,1-2H3. The van der Waals surface area contributed by atoms with Gasteiger partial charge in [-0.1, -0.05) is 36.4 Å². The average Bonchev–Trinajstić information content (AvgIpc) is 2.63. The van der Waals surface area contributed by atoms with Gasteiger partial charge in [0.25, 0.3) is 0 Å². The fourth-order valence-corrected chi connectivity index (χ4v) is 1.87. The van der Waals surface area contributed by atoms with Crippen LogP contribution in [0.1, 0.15) is 53.8 Å². The van der Waals surface area contributed by atoms with Crippen LogP contribution in [0, 0.1) is 0 Å². The second kappa shape index (κ2) is 14.5. The predicted octanol–water partition coefficient (Wildman–Crippen LogP) is 3.69. The molecule has 0 aliphatic rings. The summed E-state index contributed by atoms with van der Waals surface area (Å²) >= 11 is 0. The summed E-state index contributed by atoms with van der Waals surface area (Å²) in [5.74, 6) is -1.76. The van der Waals surface area contributed by atoms with E-state index < -0.39 is 11.9 Å². The molecule has 2 rings (SSSR count). The summed E-state index contributed by atoms with van der Waals surface area (Å²) in [7, 11) is 0. The molecule has 0 saturated carbocycles. The van der Waals surface area contributed by atoms with Gasteiger partial charge < -0.3 is 20.4 Å². The molecule has 27 heavy (non-hydrogen) atoms. The minimum Gasteiger partial charge on any atom is -0.478 e. The Kier molecular flexibility index (Phi) is 13.0. The number of hydrogen-bond donors (Lipinski definition) is 4. The molecule has 2 aromatic rings. The van der Waals surface area contributed by atoms with Crippen LogP contribution in [0.5, 0.6) is 0 Å². The van der Waals surface area contributed by atoms with Crippen molar-refractivity contribution in [1.82, 2.24) is 0 Å². The number of benzene rings is 2. The summed E-state index contributed by atoms with van der Waals surface area (Å²) in [6, 6.07) is 16.6. The molecule has 0 aromatic heterocycles. The largest absolute Gasteiger partial charge is 0.478 e. The van der Waals surface area contributed by atoms with Crippen molar-refractivity contribution in [1.29, 1.82) is 0 Å². The number of rotatable bonds is 6. The Labute approximate surface area is 159 Å². The van der Waals surface area contributed by atoms with E-state index in [4.69, 9.17) is 20.4 Å². The summed E-state index contributed by atoms with van der Waals surface area (Å²) in [5, 5.41) is 34.3. The molecule has 4 N–H and O–H groups in total. The molecule has 2 unspecified atom stereocenters. The van der Waals surface area contributed by atoms with E-state index in [0.29, 0.717) is 11.1 Å². The SMILES string of the molecule is CC(O)CCCC(C)O.O=C(O)c1ccccc1.O=C(O)c1ccccc1. The number of aliphatic hydroxyl groups is 2. The highest BCUT2D eigenvalue weighted by molar-refractivity contribution is 5.87. The van der Waals surface area contributed by atoms with E-state index in [-0.39, 0.29) is 12.2 Å². The highest BCUT2D eigenvalue weighted by Crippen LogP contribution is 2.02. The van der Waals surface area contributed by atoms with Gasteiger partial charge in [-0.3, -0.25) is 0 Å². The monoisotopic (exact) mass is 376 g/mol. The quantitative estimate of drug-likeness (QED) is 0.611. The summed E-state index contributed by atoms with van der Waals surface area (Å²) in [4.78, 5) is 20.4. The normalized spacial score (nSPS) is 11.7. The molecule has 0 aliphatic carbocycles. The third-order valence-corrected chi connectivity index (χ3v) is 3.29. The van der Waals surface area contributed by atoms with Gasteiger partial charge in [-0.05, 0) is 57.4 Å². The maximum Gasteiger partial charge on any atom is 0.335 e. The first-order valence-corrected chi connectivity index (χ1v) is 8.66. The van der Waals surface area contributed by atoms with Gasteiger partial charge in [-0.25, -0.2) is 9.59 Å². The van der Waals surface area contributed by atoms with Gasteiger partial charge in [-0.2, -0.15) is 0 Å². The van der Waals surface area contributed by atoms with Crippen molar-refractivity contribution in [2.75, 3.05) is 0 Å². The molecule has 0 radical (unpaired) electrons. The van der Waals surface area contributed by atoms with Gasteiger partial charge >= 0.3 is 11.9 Å². The van der Waals surface area contributed by atoms with E-state index in [2.05, 4.69) is 0 Å². The number of carboxylic acid groups (broad SMARTS) is 2. The first kappa shape index (κ1) is 24.3. The molecule has 0 heterocycles. The van der Waals surface area contributed by atoms with E-state index in [9.17, 15) is 9.59 Å². The van der Waals surface area contributed by atoms with Gasteiger partial charge in [0.2, 0.25) is 0 Å². The van der Waals surface area contributed by atoms with Gasteiger partial charge in [0.1, 0.15) is 0 Å². The van der Waals surface area contributed by atoms with Crippen LogP contribution in [0.3, 0.4) is 0 Å². The third-order valence-electron chi connectivity index (χ3n) is 3.29. The van der Waals surface area contributed by atoms with E-state index in [0.717, 1.165) is 19.3 Å². The van der Waals surface area contributed by atoms with Crippen LogP contribution in [0.4, 0.5) is 0 Å². The average molecular weight is 376 g/mol. The van der Waals surface area contributed by atoms with Gasteiger partial charge in [0.15, 0.2) is 0 Å². The Balaban J connectivity index is 0.000000376. The van der Waals surface area contributed by atoms with E-state index in [1.165, 1.54) is 0 Å². The lowest BCUT2D eigenvalue weighted by molar-refractivity contribution is 0.0686. The van der Waals surface area contributed by atoms with E-state index in [1.807, 2.05) is 0 Å². The molecule has 2 aromatic carbocycles. The highest BCUT2D eigenvalue weighted by atomic mass is 16.4. The van der Waals surface area contributed by atoms with Crippen LogP contribution in [0.15, 0.2) is 60.7 Å². The predicted molar refractivity (Wildman–Crippen MR) is 104 cm³/mol. The van der Waals surface area contributed by atoms with Crippen LogP contribution >= 0.6 is 0 Å². The zero-order valence-electron chi connectivity index (χ0n) is 15.7. The zero-order valence-corrected chi connectivity index (χ0v) is 15.7. The lowest BCUT2D eigenvalue weighted by Gasteiger charge is -2.04. The fraction of sp³-hybridized carbons (Fsp3) is 0.333. The number of aliphatic hydroxyl groups excluding tert-OH is 2. The Morgan fingerprint density at radius 3 is 1.19 bits per heavy atom. The van der Waals surface area contributed by atoms with Gasteiger partial charge in [-0.15, -0.1) is 0 Å². The second-order valence-electron chi connectivity index (χ2n) is 5.97. The summed E-state index contributed by atoms with van der Waals surface area (Å²) < 4.78 is 0. The summed E-state index contributed by atoms with van der Waals surface area (Å²) in [5.41, 5.74) is 0.662. The van der Waals surface area contributed by atoms with Crippen molar-refractivity contribution in [3.63, 3.8) is 0 Å². The lowest BCUT2D eigenvalue weighted by Crippen LogP contribution is -2.03. The van der Waals surface area contributed by atoms with Crippen molar-refractivity contribution in [2.45, 2.75) is 45.3 Å². The molecule has 0 amide bonds. The molecule has 6 nitrogen and oxygen atoms in total. The van der Waals surface area contributed by atoms with Crippen molar-refractivity contribution in [2.24, 2.45) is 0 Å². The summed E-state index contributed by atoms with van der Waals surface area (Å²) in [6.45, 7) is 3.53. The van der Waals surface area contributed by atoms with Crippen LogP contribution in [0.25, 0.3) is 0 Å². The van der Waals surface area contributed by atoms with Crippen LogP contribution < -0.4 is 0 Å². The molecular formula is C21H28O6. The zero-order chi connectivity index (χ0) is 20.7. The Morgan fingerprint density at radius 1 is 0.704 bits per heavy atom. The first-order chi connectivity index (χ1) is 12.7. The number of aromatic carboxylic acids is 2. The van der Waals surface area contributed by atoms with Crippen LogP contribution in [0.2, 0.25) is 0 Å². The Bertz CT molecular complexity index is 581. The number of carboxylic acids is 2. The van der Waals surface area contributed by atoms with Crippen molar-refractivity contribution in [3.05, 3.63) is 71.8 Å². The topological polar surface area (TPSA) is 115 Å². The van der Waals surface area contributed by atoms with Crippen molar-refractivity contribution < 1.29 is 30.0 Å². The minimum absolute atomic E-state index is 0.219. The fourth-order valence-electron chi connectivity index (χ4n) is 1.87. The van der Waals surface area contributed by atoms with Crippen LogP contribution in [-0.2, 0) is 0 Å². The third kappa shape index (κ3) is 14.2. The van der Waals surface area contributed by atoms with E-state index >= 15 is 0 Å². The lowest BCUT2D eigenvalue weighted by atomic mass is 10.1. The Morgan fingerprint density at radius 2 is 1.00 bits per heavy atom. The molecule has 0 bridgehead atoms. The van der Waals surface area contributed by atoms with Gasteiger partial charge in [0.05, 0.1) is 23.3 Å². The number of hydrogen-bond acceptors (Lipinski definition) is 4. The minimum atomic E-state index is -0.879. The first-order valence-electron chi connectivity index (χ1n) is 8.66. The van der Waals surface area contributed by atoms with Crippen LogP contribution in [-0.4, -0.2) is 44.6 Å². The maximum atomic E-state index is 10.2. The summed E-state index contributed by atoms with van der Waals surface area (Å²) in [6.07, 6.45) is 2.07. The maximum absolute atomic E-state index is 10.2. The van der Waals surface area contributed by atoms with Crippen molar-refractivity contribution in [3.8, 4) is 0 Å². The number of carbonyl (C=O) groups is 2. The molecule has 2 atom stereocenters. The smallest absolute Gasteiger partial charge is 0.335 e. The molecular weight excluding hydrogens is 348 g/mol. The second-order valence-corrected chi connectivity index (χ2v) is 5.97. The van der Waals surface area contributed by atoms with Gasteiger partial charge in [0, 0.05) is 0 Å².